The number of benzene rings is 1. The number of nitrogens with one attached hydrogen (secondary N) is 1. The van der Waals surface area contributed by atoms with E-state index < -0.39 is 29.7 Å². The molecule has 1 aliphatic rings. The average Bonchev–Trinajstić information content (AvgIpc) is 2.46. The summed E-state index contributed by atoms with van der Waals surface area (Å²) in [6, 6.07) is 4.04. The Morgan fingerprint density at radius 3 is 2.27 bits per heavy atom. The first kappa shape index (κ1) is 16.0. The molecule has 2 atom stereocenters. The molecular formula is C15H14ClNO5. The van der Waals surface area contributed by atoms with Gasteiger partial charge in [0.1, 0.15) is 0 Å². The number of aromatic carboxylic acids is 1. The first-order valence-corrected chi connectivity index (χ1v) is 6.99. The van der Waals surface area contributed by atoms with Gasteiger partial charge in [-0.15, -0.1) is 0 Å². The van der Waals surface area contributed by atoms with E-state index in [1.807, 2.05) is 0 Å². The summed E-state index contributed by atoms with van der Waals surface area (Å²) in [5, 5.41) is 20.7. The molecule has 0 spiro atoms. The molecule has 0 fully saturated rings. The molecule has 0 aliphatic heterocycles. The lowest BCUT2D eigenvalue weighted by Crippen LogP contribution is -2.34. The molecule has 0 aromatic heterocycles. The Hall–Kier alpha value is -2.34. The highest BCUT2D eigenvalue weighted by atomic mass is 35.5. The van der Waals surface area contributed by atoms with Crippen LogP contribution >= 0.6 is 11.6 Å². The van der Waals surface area contributed by atoms with Crippen LogP contribution in [0.25, 0.3) is 0 Å². The van der Waals surface area contributed by atoms with E-state index in [0.29, 0.717) is 18.5 Å². The van der Waals surface area contributed by atoms with Gasteiger partial charge in [0.25, 0.3) is 0 Å². The maximum atomic E-state index is 12.2. The van der Waals surface area contributed by atoms with Crippen molar-refractivity contribution >= 4 is 35.1 Å². The predicted molar refractivity (Wildman–Crippen MR) is 80.0 cm³/mol. The second-order valence-corrected chi connectivity index (χ2v) is 5.39. The van der Waals surface area contributed by atoms with Crippen LogP contribution in [0.15, 0.2) is 30.4 Å². The van der Waals surface area contributed by atoms with Gasteiger partial charge in [0.2, 0.25) is 5.91 Å². The number of allylic oxidation sites excluding steroid dienone is 2. The van der Waals surface area contributed by atoms with Crippen molar-refractivity contribution in [3.63, 3.8) is 0 Å². The lowest BCUT2D eigenvalue weighted by atomic mass is 9.82. The van der Waals surface area contributed by atoms with Gasteiger partial charge in [0, 0.05) is 5.69 Å². The van der Waals surface area contributed by atoms with E-state index in [1.54, 1.807) is 12.2 Å². The van der Waals surface area contributed by atoms with Crippen LogP contribution in [-0.4, -0.2) is 28.1 Å². The SMILES string of the molecule is O=C(O)c1ccc(NC(=O)[C@@H]2CC=CC[C@H]2C(=O)O)cc1Cl. The van der Waals surface area contributed by atoms with Crippen molar-refractivity contribution in [1.82, 2.24) is 0 Å². The summed E-state index contributed by atoms with van der Waals surface area (Å²) >= 11 is 5.84. The monoisotopic (exact) mass is 323 g/mol. The molecule has 6 nitrogen and oxygen atoms in total. The third-order valence-electron chi connectivity index (χ3n) is 3.55. The second-order valence-electron chi connectivity index (χ2n) is 4.98. The fourth-order valence-corrected chi connectivity index (χ4v) is 2.64. The highest BCUT2D eigenvalue weighted by Crippen LogP contribution is 2.28. The van der Waals surface area contributed by atoms with E-state index in [-0.39, 0.29) is 10.6 Å². The van der Waals surface area contributed by atoms with E-state index in [1.165, 1.54) is 18.2 Å². The maximum absolute atomic E-state index is 12.2. The standard InChI is InChI=1S/C15H14ClNO5/c16-12-7-8(5-6-11(12)15(21)22)17-13(18)9-3-1-2-4-10(9)14(19)20/h1-2,5-7,9-10H,3-4H2,(H,17,18)(H,19,20)(H,21,22)/t9-,10-/m1/s1. The summed E-state index contributed by atoms with van der Waals surface area (Å²) in [6.07, 6.45) is 4.20. The summed E-state index contributed by atoms with van der Waals surface area (Å²) in [6.45, 7) is 0. The third kappa shape index (κ3) is 3.46. The lowest BCUT2D eigenvalue weighted by Gasteiger charge is -2.24. The van der Waals surface area contributed by atoms with Gasteiger partial charge in [0.05, 0.1) is 22.4 Å². The minimum atomic E-state index is -1.16. The van der Waals surface area contributed by atoms with Crippen LogP contribution in [0.1, 0.15) is 23.2 Å². The number of halogens is 1. The highest BCUT2D eigenvalue weighted by Gasteiger charge is 2.34. The molecule has 2 rings (SSSR count). The number of carbonyl (C=O) groups excluding carboxylic acids is 1. The summed E-state index contributed by atoms with van der Waals surface area (Å²) < 4.78 is 0. The molecule has 0 radical (unpaired) electrons. The molecule has 3 N–H and O–H groups in total. The molecule has 0 heterocycles. The number of aliphatic carboxylic acids is 1. The molecule has 116 valence electrons. The topological polar surface area (TPSA) is 104 Å². The third-order valence-corrected chi connectivity index (χ3v) is 3.87. The first-order valence-electron chi connectivity index (χ1n) is 6.61. The smallest absolute Gasteiger partial charge is 0.337 e. The number of hydrogen-bond donors (Lipinski definition) is 3. The van der Waals surface area contributed by atoms with Crippen molar-refractivity contribution < 1.29 is 24.6 Å². The molecular weight excluding hydrogens is 310 g/mol. The van der Waals surface area contributed by atoms with Gasteiger partial charge in [-0.2, -0.15) is 0 Å². The molecule has 1 amide bonds. The van der Waals surface area contributed by atoms with Gasteiger partial charge in [-0.3, -0.25) is 9.59 Å². The Morgan fingerprint density at radius 2 is 1.73 bits per heavy atom. The Labute approximate surface area is 131 Å². The van der Waals surface area contributed by atoms with Crippen LogP contribution in [0.3, 0.4) is 0 Å². The van der Waals surface area contributed by atoms with Gasteiger partial charge in [0.15, 0.2) is 0 Å². The number of rotatable bonds is 4. The molecule has 1 aromatic rings. The fraction of sp³-hybridized carbons (Fsp3) is 0.267. The molecule has 1 aromatic carbocycles. The van der Waals surface area contributed by atoms with Crippen LogP contribution in [0, 0.1) is 11.8 Å². The van der Waals surface area contributed by atoms with E-state index in [0.717, 1.165) is 0 Å². The normalized spacial score (nSPS) is 20.4. The molecule has 1 aliphatic carbocycles. The molecule has 0 saturated heterocycles. The maximum Gasteiger partial charge on any atom is 0.337 e. The van der Waals surface area contributed by atoms with Crippen LogP contribution in [-0.2, 0) is 9.59 Å². The van der Waals surface area contributed by atoms with Gasteiger partial charge in [-0.1, -0.05) is 23.8 Å². The van der Waals surface area contributed by atoms with Crippen LogP contribution in [0.5, 0.6) is 0 Å². The number of carboxylic acids is 2. The van der Waals surface area contributed by atoms with Crippen LogP contribution in [0.4, 0.5) is 5.69 Å². The molecule has 0 saturated carbocycles. The summed E-state index contributed by atoms with van der Waals surface area (Å²) in [7, 11) is 0. The Bertz CT molecular complexity index is 655. The van der Waals surface area contributed by atoms with E-state index in [9.17, 15) is 14.4 Å². The Kier molecular flexibility index (Phi) is 4.82. The summed E-state index contributed by atoms with van der Waals surface area (Å²) in [5.74, 6) is -4.02. The van der Waals surface area contributed by atoms with Crippen LogP contribution < -0.4 is 5.32 Å². The minimum absolute atomic E-state index is 0.00336. The van der Waals surface area contributed by atoms with Crippen molar-refractivity contribution in [3.05, 3.63) is 40.9 Å². The lowest BCUT2D eigenvalue weighted by molar-refractivity contribution is -0.146. The zero-order chi connectivity index (χ0) is 16.3. The highest BCUT2D eigenvalue weighted by molar-refractivity contribution is 6.33. The Balaban J connectivity index is 2.14. The zero-order valence-corrected chi connectivity index (χ0v) is 12.2. The fourth-order valence-electron chi connectivity index (χ4n) is 2.38. The van der Waals surface area contributed by atoms with Gasteiger partial charge in [-0.25, -0.2) is 4.79 Å². The van der Waals surface area contributed by atoms with Crippen molar-refractivity contribution in [2.45, 2.75) is 12.8 Å². The number of anilines is 1. The average molecular weight is 324 g/mol. The number of carbonyl (C=O) groups is 3. The van der Waals surface area contributed by atoms with Crippen molar-refractivity contribution in [3.8, 4) is 0 Å². The van der Waals surface area contributed by atoms with E-state index >= 15 is 0 Å². The van der Waals surface area contributed by atoms with Gasteiger partial charge < -0.3 is 15.5 Å². The second kappa shape index (κ2) is 6.62. The minimum Gasteiger partial charge on any atom is -0.481 e. The molecule has 22 heavy (non-hydrogen) atoms. The molecule has 0 bridgehead atoms. The van der Waals surface area contributed by atoms with Gasteiger partial charge in [-0.05, 0) is 31.0 Å². The number of carboxylic acid groups (broad SMARTS) is 2. The van der Waals surface area contributed by atoms with Crippen molar-refractivity contribution in [1.29, 1.82) is 0 Å². The van der Waals surface area contributed by atoms with E-state index in [4.69, 9.17) is 21.8 Å². The quantitative estimate of drug-likeness (QED) is 0.739. The van der Waals surface area contributed by atoms with Crippen LogP contribution in [0.2, 0.25) is 5.02 Å². The summed E-state index contributed by atoms with van der Waals surface area (Å²) in [5.41, 5.74) is 0.266. The summed E-state index contributed by atoms with van der Waals surface area (Å²) in [4.78, 5) is 34.3. The van der Waals surface area contributed by atoms with Gasteiger partial charge >= 0.3 is 11.9 Å². The largest absolute Gasteiger partial charge is 0.481 e. The first-order chi connectivity index (χ1) is 10.4. The molecule has 7 heteroatoms. The number of hydrogen-bond acceptors (Lipinski definition) is 3. The zero-order valence-electron chi connectivity index (χ0n) is 11.5. The number of amides is 1. The van der Waals surface area contributed by atoms with E-state index in [2.05, 4.69) is 5.32 Å². The van der Waals surface area contributed by atoms with Crippen molar-refractivity contribution in [2.75, 3.05) is 5.32 Å². The molecule has 0 unspecified atom stereocenters. The Morgan fingerprint density at radius 1 is 1.09 bits per heavy atom. The predicted octanol–water partition coefficient (Wildman–Crippen LogP) is 2.64. The van der Waals surface area contributed by atoms with Crippen molar-refractivity contribution in [2.24, 2.45) is 11.8 Å².